The number of nitrogens with one attached hydrogen (secondary N) is 1. The molecule has 1 heterocycles. The first-order valence-corrected chi connectivity index (χ1v) is 7.55. The van der Waals surface area contributed by atoms with Crippen molar-refractivity contribution in [2.75, 3.05) is 32.8 Å². The Balaban J connectivity index is 2.45. The molecule has 2 N–H and O–H groups in total. The van der Waals surface area contributed by atoms with Gasteiger partial charge < -0.3 is 15.3 Å². The molecule has 0 bridgehead atoms. The van der Waals surface area contributed by atoms with E-state index in [-0.39, 0.29) is 0 Å². The van der Waals surface area contributed by atoms with Crippen molar-refractivity contribution >= 4 is 0 Å². The van der Waals surface area contributed by atoms with Crippen molar-refractivity contribution < 1.29 is 5.11 Å². The summed E-state index contributed by atoms with van der Waals surface area (Å²) in [6.45, 7) is 13.9. The van der Waals surface area contributed by atoms with Crippen molar-refractivity contribution in [1.82, 2.24) is 10.2 Å². The lowest BCUT2D eigenvalue weighted by Crippen LogP contribution is -2.47. The molecule has 1 aliphatic rings. The lowest BCUT2D eigenvalue weighted by atomic mass is 9.85. The molecule has 1 aliphatic heterocycles. The van der Waals surface area contributed by atoms with E-state index < -0.39 is 0 Å². The zero-order valence-corrected chi connectivity index (χ0v) is 12.7. The van der Waals surface area contributed by atoms with Gasteiger partial charge in [0.1, 0.15) is 0 Å². The first kappa shape index (κ1) is 15.9. The number of aliphatic hydroxyl groups excluding tert-OH is 1. The summed E-state index contributed by atoms with van der Waals surface area (Å²) < 4.78 is 0. The van der Waals surface area contributed by atoms with Crippen molar-refractivity contribution in [3.63, 3.8) is 0 Å². The normalized spacial score (nSPS) is 25.3. The van der Waals surface area contributed by atoms with Gasteiger partial charge in [0, 0.05) is 32.3 Å². The highest BCUT2D eigenvalue weighted by Crippen LogP contribution is 2.25. The van der Waals surface area contributed by atoms with Gasteiger partial charge in [0.2, 0.25) is 0 Å². The number of hydrogen-bond donors (Lipinski definition) is 2. The van der Waals surface area contributed by atoms with Gasteiger partial charge in [-0.1, -0.05) is 27.7 Å². The van der Waals surface area contributed by atoms with Crippen LogP contribution >= 0.6 is 0 Å². The number of aliphatic hydroxyl groups is 1. The molecule has 18 heavy (non-hydrogen) atoms. The molecule has 0 aromatic carbocycles. The largest absolute Gasteiger partial charge is 0.396 e. The van der Waals surface area contributed by atoms with Crippen LogP contribution in [0, 0.1) is 11.3 Å². The SMILES string of the molecule is CCC(C)(CNC(C)C)CN1CCCC(CO)C1. The zero-order chi connectivity index (χ0) is 13.6. The Morgan fingerprint density at radius 2 is 2.17 bits per heavy atom. The van der Waals surface area contributed by atoms with Gasteiger partial charge in [0.25, 0.3) is 0 Å². The average molecular weight is 256 g/mol. The highest BCUT2D eigenvalue weighted by molar-refractivity contribution is 4.83. The van der Waals surface area contributed by atoms with Crippen LogP contribution in [0.4, 0.5) is 0 Å². The summed E-state index contributed by atoms with van der Waals surface area (Å²) in [5.74, 6) is 0.498. The molecule has 2 unspecified atom stereocenters. The van der Waals surface area contributed by atoms with Gasteiger partial charge in [-0.2, -0.15) is 0 Å². The van der Waals surface area contributed by atoms with E-state index in [1.807, 2.05) is 0 Å². The maximum absolute atomic E-state index is 9.30. The first-order valence-electron chi connectivity index (χ1n) is 7.55. The maximum Gasteiger partial charge on any atom is 0.0471 e. The molecule has 0 saturated carbocycles. The van der Waals surface area contributed by atoms with Crippen LogP contribution in [-0.4, -0.2) is 48.8 Å². The second kappa shape index (κ2) is 7.46. The van der Waals surface area contributed by atoms with Crippen LogP contribution < -0.4 is 5.32 Å². The fraction of sp³-hybridized carbons (Fsp3) is 1.00. The van der Waals surface area contributed by atoms with Crippen LogP contribution in [-0.2, 0) is 0 Å². The van der Waals surface area contributed by atoms with E-state index in [2.05, 4.69) is 37.9 Å². The predicted molar refractivity (Wildman–Crippen MR) is 77.8 cm³/mol. The van der Waals surface area contributed by atoms with E-state index in [4.69, 9.17) is 0 Å². The lowest BCUT2D eigenvalue weighted by Gasteiger charge is -2.39. The van der Waals surface area contributed by atoms with E-state index >= 15 is 0 Å². The summed E-state index contributed by atoms with van der Waals surface area (Å²) in [4.78, 5) is 2.55. The van der Waals surface area contributed by atoms with Crippen LogP contribution in [0.2, 0.25) is 0 Å². The van der Waals surface area contributed by atoms with Crippen molar-refractivity contribution in [3.05, 3.63) is 0 Å². The molecule has 1 rings (SSSR count). The lowest BCUT2D eigenvalue weighted by molar-refractivity contribution is 0.0808. The highest BCUT2D eigenvalue weighted by Gasteiger charge is 2.28. The smallest absolute Gasteiger partial charge is 0.0471 e. The van der Waals surface area contributed by atoms with E-state index in [0.717, 1.165) is 19.6 Å². The van der Waals surface area contributed by atoms with Gasteiger partial charge in [0.05, 0.1) is 0 Å². The molecule has 1 saturated heterocycles. The third-order valence-corrected chi connectivity index (χ3v) is 4.26. The van der Waals surface area contributed by atoms with Gasteiger partial charge in [-0.3, -0.25) is 0 Å². The molecule has 3 heteroatoms. The average Bonchev–Trinajstić information content (AvgIpc) is 2.36. The number of piperidine rings is 1. The topological polar surface area (TPSA) is 35.5 Å². The third-order valence-electron chi connectivity index (χ3n) is 4.26. The fourth-order valence-electron chi connectivity index (χ4n) is 2.73. The Labute approximate surface area is 113 Å². The molecule has 2 atom stereocenters. The molecule has 0 aromatic heterocycles. The van der Waals surface area contributed by atoms with Gasteiger partial charge in [-0.15, -0.1) is 0 Å². The number of hydrogen-bond acceptors (Lipinski definition) is 3. The van der Waals surface area contributed by atoms with Crippen LogP contribution in [0.1, 0.15) is 47.0 Å². The molecular weight excluding hydrogens is 224 g/mol. The van der Waals surface area contributed by atoms with Crippen LogP contribution in [0.25, 0.3) is 0 Å². The molecular formula is C15H32N2O. The Kier molecular flexibility index (Phi) is 6.61. The summed E-state index contributed by atoms with van der Waals surface area (Å²) >= 11 is 0. The summed E-state index contributed by atoms with van der Waals surface area (Å²) in [6, 6.07) is 0.558. The molecule has 0 aliphatic carbocycles. The monoisotopic (exact) mass is 256 g/mol. The van der Waals surface area contributed by atoms with E-state index in [1.54, 1.807) is 0 Å². The predicted octanol–water partition coefficient (Wildman–Crippen LogP) is 2.11. The second-order valence-corrected chi connectivity index (χ2v) is 6.63. The van der Waals surface area contributed by atoms with Crippen LogP contribution in [0.15, 0.2) is 0 Å². The van der Waals surface area contributed by atoms with Crippen molar-refractivity contribution in [3.8, 4) is 0 Å². The third kappa shape index (κ3) is 5.25. The Morgan fingerprint density at radius 3 is 2.72 bits per heavy atom. The molecule has 1 fully saturated rings. The van der Waals surface area contributed by atoms with Gasteiger partial charge in [0.15, 0.2) is 0 Å². The Morgan fingerprint density at radius 1 is 1.44 bits per heavy atom. The summed E-state index contributed by atoms with van der Waals surface area (Å²) in [6.07, 6.45) is 3.63. The second-order valence-electron chi connectivity index (χ2n) is 6.63. The highest BCUT2D eigenvalue weighted by atomic mass is 16.3. The fourth-order valence-corrected chi connectivity index (χ4v) is 2.73. The van der Waals surface area contributed by atoms with Crippen molar-refractivity contribution in [1.29, 1.82) is 0 Å². The molecule has 108 valence electrons. The minimum absolute atomic E-state index is 0.349. The molecule has 0 aromatic rings. The van der Waals surface area contributed by atoms with Gasteiger partial charge in [-0.05, 0) is 37.1 Å². The summed E-state index contributed by atoms with van der Waals surface area (Å²) in [5, 5.41) is 12.9. The summed E-state index contributed by atoms with van der Waals surface area (Å²) in [7, 11) is 0. The molecule has 0 spiro atoms. The van der Waals surface area contributed by atoms with Gasteiger partial charge in [-0.25, -0.2) is 0 Å². The van der Waals surface area contributed by atoms with E-state index in [1.165, 1.54) is 25.8 Å². The Bertz CT molecular complexity index is 233. The standard InChI is InChI=1S/C15H32N2O/c1-5-15(4,11-16-13(2)3)12-17-8-6-7-14(9-17)10-18/h13-14,16,18H,5-12H2,1-4H3. The molecule has 0 amide bonds. The van der Waals surface area contributed by atoms with E-state index in [0.29, 0.717) is 24.0 Å². The van der Waals surface area contributed by atoms with Crippen molar-refractivity contribution in [2.45, 2.75) is 53.0 Å². The number of nitrogens with zero attached hydrogens (tertiary/aromatic N) is 1. The molecule has 0 radical (unpaired) electrons. The minimum Gasteiger partial charge on any atom is -0.396 e. The number of likely N-dealkylation sites (tertiary alicyclic amines) is 1. The van der Waals surface area contributed by atoms with Crippen molar-refractivity contribution in [2.24, 2.45) is 11.3 Å². The first-order chi connectivity index (χ1) is 8.49. The Hall–Kier alpha value is -0.120. The molecule has 3 nitrogen and oxygen atoms in total. The zero-order valence-electron chi connectivity index (χ0n) is 12.7. The van der Waals surface area contributed by atoms with E-state index in [9.17, 15) is 5.11 Å². The summed E-state index contributed by atoms with van der Waals surface area (Å²) in [5.41, 5.74) is 0.349. The quantitative estimate of drug-likeness (QED) is 0.732. The number of rotatable bonds is 7. The van der Waals surface area contributed by atoms with Gasteiger partial charge >= 0.3 is 0 Å². The van der Waals surface area contributed by atoms with Crippen LogP contribution in [0.3, 0.4) is 0 Å². The minimum atomic E-state index is 0.349. The van der Waals surface area contributed by atoms with Crippen LogP contribution in [0.5, 0.6) is 0 Å². The maximum atomic E-state index is 9.30.